The molecular weight excluding hydrogens is 302 g/mol. The Hall–Kier alpha value is -1.60. The third kappa shape index (κ3) is 3.98. The first-order valence-electron chi connectivity index (χ1n) is 7.47. The molecule has 0 aliphatic carbocycles. The Labute approximate surface area is 132 Å². The van der Waals surface area contributed by atoms with Gasteiger partial charge in [0.2, 0.25) is 10.0 Å². The zero-order valence-electron chi connectivity index (χ0n) is 13.1. The molecule has 1 aromatic carbocycles. The van der Waals surface area contributed by atoms with Crippen LogP contribution < -0.4 is 5.32 Å². The first kappa shape index (κ1) is 16.8. The van der Waals surface area contributed by atoms with Crippen LogP contribution in [-0.2, 0) is 23.1 Å². The number of nitrogens with one attached hydrogen (secondary N) is 1. The van der Waals surface area contributed by atoms with Gasteiger partial charge in [-0.05, 0) is 24.5 Å². The van der Waals surface area contributed by atoms with Crippen molar-refractivity contribution in [1.82, 2.24) is 14.5 Å². The van der Waals surface area contributed by atoms with Crippen LogP contribution in [-0.4, -0.2) is 49.5 Å². The van der Waals surface area contributed by atoms with Crippen LogP contribution >= 0.6 is 0 Å². The highest BCUT2D eigenvalue weighted by molar-refractivity contribution is 7.89. The number of carbonyl (C=O) groups excluding carboxylic acids is 1. The van der Waals surface area contributed by atoms with Crippen molar-refractivity contribution < 1.29 is 13.2 Å². The lowest BCUT2D eigenvalue weighted by Gasteiger charge is -2.18. The Morgan fingerprint density at radius 2 is 1.86 bits per heavy atom. The van der Waals surface area contributed by atoms with E-state index in [1.165, 1.54) is 15.4 Å². The van der Waals surface area contributed by atoms with Crippen LogP contribution in [0.1, 0.15) is 24.5 Å². The van der Waals surface area contributed by atoms with Gasteiger partial charge in [0.25, 0.3) is 0 Å². The number of urea groups is 1. The molecule has 1 aliphatic heterocycles. The Balaban J connectivity index is 1.72. The average Bonchev–Trinajstić information content (AvgIpc) is 2.95. The average molecular weight is 325 g/mol. The van der Waals surface area contributed by atoms with Crippen molar-refractivity contribution >= 4 is 16.1 Å². The van der Waals surface area contributed by atoms with Crippen LogP contribution in [0.5, 0.6) is 0 Å². The monoisotopic (exact) mass is 325 g/mol. The minimum atomic E-state index is -3.14. The van der Waals surface area contributed by atoms with Gasteiger partial charge in [0.1, 0.15) is 0 Å². The van der Waals surface area contributed by atoms with Gasteiger partial charge in [0.05, 0.1) is 5.75 Å². The summed E-state index contributed by atoms with van der Waals surface area (Å²) in [5.41, 5.74) is 2.37. The first-order chi connectivity index (χ1) is 10.4. The Bertz CT molecular complexity index is 606. The number of nitrogens with zero attached hydrogens (tertiary/aromatic N) is 2. The molecule has 1 aromatic rings. The van der Waals surface area contributed by atoms with Crippen molar-refractivity contribution in [3.05, 3.63) is 35.4 Å². The SMILES string of the molecule is CCS(=O)(=O)N(C)CCCNC(=O)N1Cc2ccccc2C1. The van der Waals surface area contributed by atoms with E-state index in [0.717, 1.165) is 0 Å². The minimum absolute atomic E-state index is 0.0991. The maximum atomic E-state index is 12.1. The van der Waals surface area contributed by atoms with Crippen LogP contribution in [0.25, 0.3) is 0 Å². The second kappa shape index (κ2) is 7.11. The van der Waals surface area contributed by atoms with Gasteiger partial charge < -0.3 is 10.2 Å². The third-order valence-electron chi connectivity index (χ3n) is 3.89. The lowest BCUT2D eigenvalue weighted by Crippen LogP contribution is -2.38. The molecule has 0 spiro atoms. The number of amides is 2. The summed E-state index contributed by atoms with van der Waals surface area (Å²) in [5.74, 6) is 0.0991. The van der Waals surface area contributed by atoms with E-state index in [0.29, 0.717) is 32.6 Å². The molecule has 22 heavy (non-hydrogen) atoms. The quantitative estimate of drug-likeness (QED) is 0.804. The van der Waals surface area contributed by atoms with Crippen LogP contribution in [0.15, 0.2) is 24.3 Å². The van der Waals surface area contributed by atoms with Crippen LogP contribution in [0, 0.1) is 0 Å². The zero-order valence-corrected chi connectivity index (χ0v) is 13.9. The maximum Gasteiger partial charge on any atom is 0.318 e. The Morgan fingerprint density at radius 3 is 2.41 bits per heavy atom. The molecule has 2 rings (SSSR count). The molecule has 1 aliphatic rings. The van der Waals surface area contributed by atoms with E-state index in [4.69, 9.17) is 0 Å². The fraction of sp³-hybridized carbons (Fsp3) is 0.533. The van der Waals surface area contributed by atoms with E-state index in [1.807, 2.05) is 24.3 Å². The molecule has 122 valence electrons. The van der Waals surface area contributed by atoms with Crippen molar-refractivity contribution in [2.75, 3.05) is 25.9 Å². The largest absolute Gasteiger partial charge is 0.338 e. The van der Waals surface area contributed by atoms with Crippen molar-refractivity contribution in [3.63, 3.8) is 0 Å². The van der Waals surface area contributed by atoms with E-state index >= 15 is 0 Å². The van der Waals surface area contributed by atoms with Gasteiger partial charge in [-0.3, -0.25) is 0 Å². The molecule has 0 fully saturated rings. The molecular formula is C15H23N3O3S. The van der Waals surface area contributed by atoms with Gasteiger partial charge in [0.15, 0.2) is 0 Å². The van der Waals surface area contributed by atoms with Gasteiger partial charge in [0, 0.05) is 33.2 Å². The smallest absolute Gasteiger partial charge is 0.318 e. The molecule has 0 atom stereocenters. The van der Waals surface area contributed by atoms with Gasteiger partial charge >= 0.3 is 6.03 Å². The molecule has 0 aromatic heterocycles. The van der Waals surface area contributed by atoms with Gasteiger partial charge in [-0.15, -0.1) is 0 Å². The number of hydrogen-bond acceptors (Lipinski definition) is 3. The molecule has 7 heteroatoms. The topological polar surface area (TPSA) is 69.7 Å². The standard InChI is InChI=1S/C15H23N3O3S/c1-3-22(20,21)17(2)10-6-9-16-15(19)18-11-13-7-4-5-8-14(13)12-18/h4-5,7-8H,3,6,9-12H2,1-2H3,(H,16,19). The van der Waals surface area contributed by atoms with Crippen LogP contribution in [0.3, 0.4) is 0 Å². The summed E-state index contributed by atoms with van der Waals surface area (Å²) in [5, 5.41) is 2.85. The Morgan fingerprint density at radius 1 is 1.27 bits per heavy atom. The number of fused-ring (bicyclic) bond motifs is 1. The lowest BCUT2D eigenvalue weighted by molar-refractivity contribution is 0.198. The van der Waals surface area contributed by atoms with Crippen molar-refractivity contribution in [1.29, 1.82) is 0 Å². The van der Waals surface area contributed by atoms with Gasteiger partial charge in [-0.25, -0.2) is 17.5 Å². The molecule has 0 saturated carbocycles. The number of sulfonamides is 1. The van der Waals surface area contributed by atoms with Crippen LogP contribution in [0.4, 0.5) is 4.79 Å². The van der Waals surface area contributed by atoms with E-state index in [1.54, 1.807) is 18.9 Å². The normalized spacial score (nSPS) is 14.2. The van der Waals surface area contributed by atoms with Crippen molar-refractivity contribution in [3.8, 4) is 0 Å². The summed E-state index contributed by atoms with van der Waals surface area (Å²) in [7, 11) is -1.57. The zero-order chi connectivity index (χ0) is 16.2. The number of rotatable bonds is 6. The summed E-state index contributed by atoms with van der Waals surface area (Å²) in [6.07, 6.45) is 0.599. The molecule has 1 N–H and O–H groups in total. The summed E-state index contributed by atoms with van der Waals surface area (Å²) in [4.78, 5) is 13.9. The van der Waals surface area contributed by atoms with Gasteiger partial charge in [-0.1, -0.05) is 24.3 Å². The van der Waals surface area contributed by atoms with Crippen molar-refractivity contribution in [2.45, 2.75) is 26.4 Å². The number of carbonyl (C=O) groups is 1. The highest BCUT2D eigenvalue weighted by atomic mass is 32.2. The number of hydrogen-bond donors (Lipinski definition) is 1. The summed E-state index contributed by atoms with van der Waals surface area (Å²) >= 11 is 0. The predicted octanol–water partition coefficient (Wildman–Crippen LogP) is 1.38. The Kier molecular flexibility index (Phi) is 5.42. The van der Waals surface area contributed by atoms with E-state index in [9.17, 15) is 13.2 Å². The molecule has 1 heterocycles. The first-order valence-corrected chi connectivity index (χ1v) is 9.08. The predicted molar refractivity (Wildman–Crippen MR) is 85.8 cm³/mol. The summed E-state index contributed by atoms with van der Waals surface area (Å²) < 4.78 is 24.5. The summed E-state index contributed by atoms with van der Waals surface area (Å²) in [6, 6.07) is 7.92. The van der Waals surface area contributed by atoms with Crippen LogP contribution in [0.2, 0.25) is 0 Å². The molecule has 0 radical (unpaired) electrons. The van der Waals surface area contributed by atoms with Crippen molar-refractivity contribution in [2.24, 2.45) is 0 Å². The molecule has 2 amide bonds. The fourth-order valence-electron chi connectivity index (χ4n) is 2.45. The molecule has 0 saturated heterocycles. The van der Waals surface area contributed by atoms with E-state index in [-0.39, 0.29) is 11.8 Å². The van der Waals surface area contributed by atoms with E-state index < -0.39 is 10.0 Å². The van der Waals surface area contributed by atoms with Gasteiger partial charge in [-0.2, -0.15) is 0 Å². The highest BCUT2D eigenvalue weighted by Crippen LogP contribution is 2.21. The summed E-state index contributed by atoms with van der Waals surface area (Å²) in [6.45, 7) is 3.77. The lowest BCUT2D eigenvalue weighted by atomic mass is 10.1. The second-order valence-electron chi connectivity index (χ2n) is 5.43. The minimum Gasteiger partial charge on any atom is -0.338 e. The fourth-order valence-corrected chi connectivity index (χ4v) is 3.29. The molecule has 0 bridgehead atoms. The highest BCUT2D eigenvalue weighted by Gasteiger charge is 2.22. The molecule has 0 unspecified atom stereocenters. The van der Waals surface area contributed by atoms with E-state index in [2.05, 4.69) is 5.32 Å². The third-order valence-corrected chi connectivity index (χ3v) is 5.76. The molecule has 6 nitrogen and oxygen atoms in total. The maximum absolute atomic E-state index is 12.1. The number of benzene rings is 1. The second-order valence-corrected chi connectivity index (χ2v) is 7.80.